The van der Waals surface area contributed by atoms with Gasteiger partial charge in [0.15, 0.2) is 0 Å². The van der Waals surface area contributed by atoms with E-state index >= 15 is 0 Å². The van der Waals surface area contributed by atoms with Crippen molar-refractivity contribution < 1.29 is 9.18 Å². The number of thioether (sulfide) groups is 1. The number of rotatable bonds is 4. The van der Waals surface area contributed by atoms with Crippen molar-refractivity contribution in [3.8, 4) is 0 Å². The van der Waals surface area contributed by atoms with Gasteiger partial charge in [0.25, 0.3) is 0 Å². The maximum atomic E-state index is 13.4. The number of carbonyl (C=O) groups excluding carboxylic acids is 1. The van der Waals surface area contributed by atoms with Crippen molar-refractivity contribution in [1.29, 1.82) is 0 Å². The first-order chi connectivity index (χ1) is 10.7. The van der Waals surface area contributed by atoms with Crippen molar-refractivity contribution in [3.63, 3.8) is 0 Å². The van der Waals surface area contributed by atoms with Crippen LogP contribution in [0.1, 0.15) is 51.4 Å². The van der Waals surface area contributed by atoms with E-state index < -0.39 is 6.17 Å². The molecule has 0 spiro atoms. The summed E-state index contributed by atoms with van der Waals surface area (Å²) in [6.45, 7) is 0.840. The molecule has 5 atom stereocenters. The minimum absolute atomic E-state index is 0.0419. The molecule has 1 saturated heterocycles. The highest BCUT2D eigenvalue weighted by molar-refractivity contribution is 8.00. The third-order valence-electron chi connectivity index (χ3n) is 5.25. The van der Waals surface area contributed by atoms with Gasteiger partial charge in [0.1, 0.15) is 6.17 Å². The Labute approximate surface area is 136 Å². The van der Waals surface area contributed by atoms with E-state index in [1.54, 1.807) is 11.8 Å². The molecule has 1 heterocycles. The molecule has 0 aromatic carbocycles. The van der Waals surface area contributed by atoms with Crippen LogP contribution in [0.25, 0.3) is 0 Å². The van der Waals surface area contributed by atoms with Gasteiger partial charge in [-0.15, -0.1) is 11.8 Å². The number of carbonyl (C=O) groups is 1. The molecule has 6 heteroatoms. The first-order valence-electron chi connectivity index (χ1n) is 8.74. The van der Waals surface area contributed by atoms with Crippen LogP contribution in [0.5, 0.6) is 0 Å². The molecule has 126 valence electrons. The Morgan fingerprint density at radius 2 is 2.00 bits per heavy atom. The first kappa shape index (κ1) is 16.5. The van der Waals surface area contributed by atoms with Crippen LogP contribution in [-0.4, -0.2) is 42.0 Å². The molecule has 0 bridgehead atoms. The lowest BCUT2D eigenvalue weighted by Crippen LogP contribution is -2.57. The molecular weight excluding hydrogens is 301 g/mol. The molecule has 5 unspecified atom stereocenters. The normalized spacial score (nSPS) is 39.0. The largest absolute Gasteiger partial charge is 0.353 e. The SMILES string of the molecule is O=C(CSC1NCNC2CCCCC21)NC1CCCC(F)C1. The molecule has 2 saturated carbocycles. The van der Waals surface area contributed by atoms with Crippen LogP contribution in [0.15, 0.2) is 0 Å². The number of alkyl halides is 1. The predicted octanol–water partition coefficient (Wildman–Crippen LogP) is 2.15. The number of hydrogen-bond acceptors (Lipinski definition) is 4. The van der Waals surface area contributed by atoms with Crippen LogP contribution in [0.4, 0.5) is 4.39 Å². The van der Waals surface area contributed by atoms with Gasteiger partial charge in [-0.05, 0) is 44.4 Å². The number of nitrogens with one attached hydrogen (secondary N) is 3. The predicted molar refractivity (Wildman–Crippen MR) is 88.4 cm³/mol. The Hall–Kier alpha value is -0.330. The summed E-state index contributed by atoms with van der Waals surface area (Å²) in [5, 5.41) is 10.4. The molecule has 2 aliphatic carbocycles. The van der Waals surface area contributed by atoms with E-state index in [0.29, 0.717) is 35.9 Å². The highest BCUT2D eigenvalue weighted by Crippen LogP contribution is 2.33. The standard InChI is InChI=1S/C16H28FN3OS/c17-11-4-3-5-12(8-11)20-15(21)9-22-16-13-6-1-2-7-14(13)18-10-19-16/h11-14,16,18-19H,1-10H2,(H,20,21). The third-order valence-corrected chi connectivity index (χ3v) is 6.55. The third kappa shape index (κ3) is 4.36. The fourth-order valence-corrected chi connectivity index (χ4v) is 5.28. The summed E-state index contributed by atoms with van der Waals surface area (Å²) >= 11 is 1.72. The summed E-state index contributed by atoms with van der Waals surface area (Å²) in [5.74, 6) is 1.18. The Morgan fingerprint density at radius 1 is 1.14 bits per heavy atom. The highest BCUT2D eigenvalue weighted by Gasteiger charge is 2.35. The monoisotopic (exact) mass is 329 g/mol. The second kappa shape index (κ2) is 7.97. The van der Waals surface area contributed by atoms with Gasteiger partial charge in [0.05, 0.1) is 11.1 Å². The number of halogens is 1. The van der Waals surface area contributed by atoms with Crippen LogP contribution < -0.4 is 16.0 Å². The van der Waals surface area contributed by atoms with Gasteiger partial charge in [-0.2, -0.15) is 0 Å². The number of amides is 1. The van der Waals surface area contributed by atoms with Crippen molar-refractivity contribution in [3.05, 3.63) is 0 Å². The van der Waals surface area contributed by atoms with Gasteiger partial charge < -0.3 is 10.6 Å². The summed E-state index contributed by atoms with van der Waals surface area (Å²) in [7, 11) is 0. The van der Waals surface area contributed by atoms with Crippen LogP contribution in [0.2, 0.25) is 0 Å². The Kier molecular flexibility index (Phi) is 5.99. The van der Waals surface area contributed by atoms with E-state index in [1.807, 2.05) is 0 Å². The molecule has 0 aromatic rings. The average molecular weight is 329 g/mol. The van der Waals surface area contributed by atoms with Gasteiger partial charge >= 0.3 is 0 Å². The molecule has 0 aromatic heterocycles. The summed E-state index contributed by atoms with van der Waals surface area (Å²) in [6.07, 6.45) is 7.35. The molecule has 3 rings (SSSR count). The summed E-state index contributed by atoms with van der Waals surface area (Å²) in [5.41, 5.74) is 0. The van der Waals surface area contributed by atoms with Crippen LogP contribution in [0, 0.1) is 5.92 Å². The van der Waals surface area contributed by atoms with E-state index in [0.717, 1.165) is 19.5 Å². The van der Waals surface area contributed by atoms with Crippen molar-refractivity contribution in [2.24, 2.45) is 5.92 Å². The van der Waals surface area contributed by atoms with Crippen molar-refractivity contribution in [2.45, 2.75) is 75.0 Å². The molecule has 22 heavy (non-hydrogen) atoms. The van der Waals surface area contributed by atoms with E-state index in [4.69, 9.17) is 0 Å². The zero-order chi connectivity index (χ0) is 15.4. The smallest absolute Gasteiger partial charge is 0.230 e. The van der Waals surface area contributed by atoms with Gasteiger partial charge in [0, 0.05) is 18.8 Å². The Morgan fingerprint density at radius 3 is 2.86 bits per heavy atom. The van der Waals surface area contributed by atoms with Gasteiger partial charge in [0.2, 0.25) is 5.91 Å². The molecule has 4 nitrogen and oxygen atoms in total. The zero-order valence-corrected chi connectivity index (χ0v) is 14.0. The summed E-state index contributed by atoms with van der Waals surface area (Å²) in [6, 6.07) is 0.654. The van der Waals surface area contributed by atoms with Gasteiger partial charge in [-0.1, -0.05) is 12.8 Å². The van der Waals surface area contributed by atoms with Crippen LogP contribution in [0.3, 0.4) is 0 Å². The van der Waals surface area contributed by atoms with Crippen molar-refractivity contribution >= 4 is 17.7 Å². The Balaban J connectivity index is 1.42. The lowest BCUT2D eigenvalue weighted by molar-refractivity contribution is -0.119. The lowest BCUT2D eigenvalue weighted by atomic mass is 9.83. The molecule has 3 aliphatic rings. The molecular formula is C16H28FN3OS. The van der Waals surface area contributed by atoms with Gasteiger partial charge in [-0.3, -0.25) is 10.1 Å². The molecule has 0 radical (unpaired) electrons. The van der Waals surface area contributed by atoms with E-state index in [1.165, 1.54) is 25.7 Å². The quantitative estimate of drug-likeness (QED) is 0.740. The van der Waals surface area contributed by atoms with E-state index in [2.05, 4.69) is 16.0 Å². The van der Waals surface area contributed by atoms with Crippen molar-refractivity contribution in [1.82, 2.24) is 16.0 Å². The second-order valence-electron chi connectivity index (χ2n) is 6.90. The lowest BCUT2D eigenvalue weighted by Gasteiger charge is -2.42. The van der Waals surface area contributed by atoms with E-state index in [-0.39, 0.29) is 11.9 Å². The summed E-state index contributed by atoms with van der Waals surface area (Å²) < 4.78 is 13.4. The topological polar surface area (TPSA) is 53.2 Å². The van der Waals surface area contributed by atoms with E-state index in [9.17, 15) is 9.18 Å². The average Bonchev–Trinajstić information content (AvgIpc) is 2.53. The van der Waals surface area contributed by atoms with Gasteiger partial charge in [-0.25, -0.2) is 4.39 Å². The molecule has 1 aliphatic heterocycles. The fourth-order valence-electron chi connectivity index (χ4n) is 4.10. The fraction of sp³-hybridized carbons (Fsp3) is 0.938. The van der Waals surface area contributed by atoms with Crippen molar-refractivity contribution in [2.75, 3.05) is 12.4 Å². The minimum atomic E-state index is -0.735. The highest BCUT2D eigenvalue weighted by atomic mass is 32.2. The molecule has 3 N–H and O–H groups in total. The maximum absolute atomic E-state index is 13.4. The minimum Gasteiger partial charge on any atom is -0.353 e. The summed E-state index contributed by atoms with van der Waals surface area (Å²) in [4.78, 5) is 12.1. The van der Waals surface area contributed by atoms with Crippen LogP contribution in [-0.2, 0) is 4.79 Å². The van der Waals surface area contributed by atoms with Crippen LogP contribution >= 0.6 is 11.8 Å². The number of fused-ring (bicyclic) bond motifs is 1. The maximum Gasteiger partial charge on any atom is 0.230 e. The molecule has 3 fully saturated rings. The number of hydrogen-bond donors (Lipinski definition) is 3. The Bertz CT molecular complexity index is 382. The molecule has 1 amide bonds. The second-order valence-corrected chi connectivity index (χ2v) is 8.03. The first-order valence-corrected chi connectivity index (χ1v) is 9.79. The zero-order valence-electron chi connectivity index (χ0n) is 13.2.